The average molecular weight is 328 g/mol. The van der Waals surface area contributed by atoms with Gasteiger partial charge < -0.3 is 15.5 Å². The quantitative estimate of drug-likeness (QED) is 0.864. The van der Waals surface area contributed by atoms with Crippen LogP contribution in [0.1, 0.15) is 29.8 Å². The lowest BCUT2D eigenvalue weighted by Gasteiger charge is -2.22. The number of nitrogens with one attached hydrogen (secondary N) is 2. The van der Waals surface area contributed by atoms with Gasteiger partial charge in [0.2, 0.25) is 5.91 Å². The summed E-state index contributed by atoms with van der Waals surface area (Å²) in [4.78, 5) is 30.2. The van der Waals surface area contributed by atoms with Crippen molar-refractivity contribution < 1.29 is 9.59 Å². The fourth-order valence-electron chi connectivity index (χ4n) is 2.57. The number of hydrogen-bond donors (Lipinski definition) is 2. The number of amides is 2. The van der Waals surface area contributed by atoms with Crippen molar-refractivity contribution in [1.82, 2.24) is 19.7 Å². The Hall–Kier alpha value is -2.90. The van der Waals surface area contributed by atoms with Gasteiger partial charge in [0.1, 0.15) is 5.82 Å². The lowest BCUT2D eigenvalue weighted by atomic mass is 10.2. The van der Waals surface area contributed by atoms with Gasteiger partial charge in [0.15, 0.2) is 0 Å². The maximum atomic E-state index is 12.7. The highest BCUT2D eigenvalue weighted by molar-refractivity contribution is 6.02. The molecule has 2 aromatic heterocycles. The molecular formula is C16H20N6O2. The van der Waals surface area contributed by atoms with Gasteiger partial charge in [0.25, 0.3) is 5.91 Å². The molecule has 0 saturated heterocycles. The second kappa shape index (κ2) is 6.69. The normalized spacial score (nSPS) is 13.0. The molecule has 0 aromatic carbocycles. The standard InChI is InChI=1S/C16H20N6O2/c1-3-21(9-11-6-19-22(4-2)10-11)16(24)12-5-13-15(17-7-12)18-8-14(23)20-13/h5-7,10H,3-4,8-9H2,1-2H3,(H,17,18)(H,20,23). The van der Waals surface area contributed by atoms with Gasteiger partial charge >= 0.3 is 0 Å². The summed E-state index contributed by atoms with van der Waals surface area (Å²) < 4.78 is 1.83. The third kappa shape index (κ3) is 3.22. The Labute approximate surface area is 139 Å². The van der Waals surface area contributed by atoms with Crippen LogP contribution in [0, 0.1) is 0 Å². The Morgan fingerprint density at radius 2 is 2.21 bits per heavy atom. The second-order valence-electron chi connectivity index (χ2n) is 5.55. The van der Waals surface area contributed by atoms with Crippen LogP contribution < -0.4 is 10.6 Å². The molecule has 0 saturated carbocycles. The number of nitrogens with zero attached hydrogens (tertiary/aromatic N) is 4. The number of hydrogen-bond acceptors (Lipinski definition) is 5. The second-order valence-corrected chi connectivity index (χ2v) is 5.55. The van der Waals surface area contributed by atoms with Crippen molar-refractivity contribution >= 4 is 23.3 Å². The SMILES string of the molecule is CCN(Cc1cnn(CC)c1)C(=O)c1cnc2c(c1)NC(=O)CN2. The molecule has 8 heteroatoms. The highest BCUT2D eigenvalue weighted by Gasteiger charge is 2.20. The maximum Gasteiger partial charge on any atom is 0.255 e. The van der Waals surface area contributed by atoms with Gasteiger partial charge in [0, 0.05) is 37.6 Å². The number of carbonyl (C=O) groups excluding carboxylic acids is 2. The van der Waals surface area contributed by atoms with E-state index in [0.717, 1.165) is 12.1 Å². The van der Waals surface area contributed by atoms with E-state index in [1.54, 1.807) is 17.2 Å². The Balaban J connectivity index is 1.78. The summed E-state index contributed by atoms with van der Waals surface area (Å²) in [5, 5.41) is 9.87. The highest BCUT2D eigenvalue weighted by Crippen LogP contribution is 2.23. The molecule has 2 aromatic rings. The van der Waals surface area contributed by atoms with Gasteiger partial charge in [-0.2, -0.15) is 5.10 Å². The minimum atomic E-state index is -0.145. The third-order valence-electron chi connectivity index (χ3n) is 3.88. The lowest BCUT2D eigenvalue weighted by molar-refractivity contribution is -0.114. The first-order valence-corrected chi connectivity index (χ1v) is 7.95. The molecule has 1 aliphatic rings. The molecular weight excluding hydrogens is 308 g/mol. The zero-order chi connectivity index (χ0) is 17.1. The fraction of sp³-hybridized carbons (Fsp3) is 0.375. The molecule has 3 rings (SSSR count). The Kier molecular flexibility index (Phi) is 4.45. The molecule has 126 valence electrons. The van der Waals surface area contributed by atoms with Crippen LogP contribution >= 0.6 is 0 Å². The molecule has 24 heavy (non-hydrogen) atoms. The lowest BCUT2D eigenvalue weighted by Crippen LogP contribution is -2.31. The van der Waals surface area contributed by atoms with E-state index in [2.05, 4.69) is 20.7 Å². The number of rotatable bonds is 5. The van der Waals surface area contributed by atoms with Crippen molar-refractivity contribution in [3.8, 4) is 0 Å². The van der Waals surface area contributed by atoms with E-state index in [9.17, 15) is 9.59 Å². The number of fused-ring (bicyclic) bond motifs is 1. The molecule has 0 atom stereocenters. The van der Waals surface area contributed by atoms with Crippen molar-refractivity contribution in [2.45, 2.75) is 26.9 Å². The van der Waals surface area contributed by atoms with Crippen LogP contribution in [0.3, 0.4) is 0 Å². The first kappa shape index (κ1) is 16.0. The first-order valence-electron chi connectivity index (χ1n) is 7.95. The molecule has 0 radical (unpaired) electrons. The van der Waals surface area contributed by atoms with Crippen molar-refractivity contribution in [2.24, 2.45) is 0 Å². The van der Waals surface area contributed by atoms with Crippen LogP contribution in [-0.2, 0) is 17.9 Å². The Bertz CT molecular complexity index is 770. The van der Waals surface area contributed by atoms with Crippen LogP contribution in [-0.4, -0.2) is 44.6 Å². The molecule has 2 N–H and O–H groups in total. The first-order chi connectivity index (χ1) is 11.6. The van der Waals surface area contributed by atoms with Crippen molar-refractivity contribution in [1.29, 1.82) is 0 Å². The van der Waals surface area contributed by atoms with E-state index in [1.807, 2.05) is 24.7 Å². The topological polar surface area (TPSA) is 92.2 Å². The predicted octanol–water partition coefficient (Wildman–Crippen LogP) is 1.32. The van der Waals surface area contributed by atoms with Crippen molar-refractivity contribution in [3.63, 3.8) is 0 Å². The summed E-state index contributed by atoms with van der Waals surface area (Å²) in [6.45, 7) is 5.98. The summed E-state index contributed by atoms with van der Waals surface area (Å²) >= 11 is 0. The molecule has 2 amide bonds. The molecule has 8 nitrogen and oxygen atoms in total. The van der Waals surface area contributed by atoms with Crippen LogP contribution in [0.4, 0.5) is 11.5 Å². The minimum absolute atomic E-state index is 0.128. The fourth-order valence-corrected chi connectivity index (χ4v) is 2.57. The van der Waals surface area contributed by atoms with Crippen LogP contribution in [0.15, 0.2) is 24.7 Å². The van der Waals surface area contributed by atoms with E-state index in [1.165, 1.54) is 6.20 Å². The molecule has 1 aliphatic heterocycles. The number of aromatic nitrogens is 3. The smallest absolute Gasteiger partial charge is 0.255 e. The number of aryl methyl sites for hydroxylation is 1. The molecule has 0 unspecified atom stereocenters. The van der Waals surface area contributed by atoms with E-state index in [4.69, 9.17) is 0 Å². The third-order valence-corrected chi connectivity index (χ3v) is 3.88. The van der Waals surface area contributed by atoms with E-state index in [0.29, 0.717) is 30.2 Å². The Morgan fingerprint density at radius 3 is 2.92 bits per heavy atom. The molecule has 0 aliphatic carbocycles. The van der Waals surface area contributed by atoms with Gasteiger partial charge in [-0.3, -0.25) is 14.3 Å². The number of anilines is 2. The van der Waals surface area contributed by atoms with E-state index in [-0.39, 0.29) is 18.4 Å². The zero-order valence-corrected chi connectivity index (χ0v) is 13.7. The van der Waals surface area contributed by atoms with Crippen LogP contribution in [0.5, 0.6) is 0 Å². The maximum absolute atomic E-state index is 12.7. The minimum Gasteiger partial charge on any atom is -0.359 e. The van der Waals surface area contributed by atoms with E-state index < -0.39 is 0 Å². The average Bonchev–Trinajstić information content (AvgIpc) is 3.06. The van der Waals surface area contributed by atoms with Gasteiger partial charge in [-0.05, 0) is 19.9 Å². The number of pyridine rings is 1. The van der Waals surface area contributed by atoms with Crippen molar-refractivity contribution in [2.75, 3.05) is 23.7 Å². The Morgan fingerprint density at radius 1 is 1.38 bits per heavy atom. The van der Waals surface area contributed by atoms with Crippen LogP contribution in [0.25, 0.3) is 0 Å². The number of carbonyl (C=O) groups is 2. The molecule has 0 spiro atoms. The van der Waals surface area contributed by atoms with E-state index >= 15 is 0 Å². The predicted molar refractivity (Wildman–Crippen MR) is 89.7 cm³/mol. The highest BCUT2D eigenvalue weighted by atomic mass is 16.2. The summed E-state index contributed by atoms with van der Waals surface area (Å²) in [6, 6.07) is 1.66. The van der Waals surface area contributed by atoms with Crippen molar-refractivity contribution in [3.05, 3.63) is 35.8 Å². The summed E-state index contributed by atoms with van der Waals surface area (Å²) in [7, 11) is 0. The van der Waals surface area contributed by atoms with Gasteiger partial charge in [-0.25, -0.2) is 4.98 Å². The molecule has 0 bridgehead atoms. The van der Waals surface area contributed by atoms with Crippen LogP contribution in [0.2, 0.25) is 0 Å². The van der Waals surface area contributed by atoms with Gasteiger partial charge in [0.05, 0.1) is 24.0 Å². The van der Waals surface area contributed by atoms with Gasteiger partial charge in [-0.15, -0.1) is 0 Å². The monoisotopic (exact) mass is 328 g/mol. The largest absolute Gasteiger partial charge is 0.359 e. The molecule has 0 fully saturated rings. The summed E-state index contributed by atoms with van der Waals surface area (Å²) in [5.41, 5.74) is 1.96. The molecule has 3 heterocycles. The summed E-state index contributed by atoms with van der Waals surface area (Å²) in [6.07, 6.45) is 5.24. The van der Waals surface area contributed by atoms with Gasteiger partial charge in [-0.1, -0.05) is 0 Å². The summed E-state index contributed by atoms with van der Waals surface area (Å²) in [5.74, 6) is 0.309. The zero-order valence-electron chi connectivity index (χ0n) is 13.7.